The molecule has 0 aliphatic heterocycles. The Balaban J connectivity index is 1.89. The number of aromatic nitrogens is 1. The van der Waals surface area contributed by atoms with Crippen LogP contribution in [0.5, 0.6) is 0 Å². The second kappa shape index (κ2) is 5.37. The standard InChI is InChI=1S/C12H16N2OS/c1-9(13)6-7-16-8-12-14-10-4-2-3-5-11(10)15-12/h2-5,9H,6-8,13H2,1H3. The molecule has 0 saturated heterocycles. The molecule has 0 radical (unpaired) electrons. The zero-order chi connectivity index (χ0) is 11.4. The molecule has 4 heteroatoms. The van der Waals surface area contributed by atoms with Crippen LogP contribution in [-0.4, -0.2) is 16.8 Å². The molecule has 1 atom stereocenters. The van der Waals surface area contributed by atoms with Crippen molar-refractivity contribution in [2.45, 2.75) is 25.1 Å². The van der Waals surface area contributed by atoms with Gasteiger partial charge in [0.25, 0.3) is 0 Å². The molecule has 0 aliphatic rings. The first-order chi connectivity index (χ1) is 7.75. The fraction of sp³-hybridized carbons (Fsp3) is 0.417. The topological polar surface area (TPSA) is 52.0 Å². The van der Waals surface area contributed by atoms with Crippen LogP contribution in [0.3, 0.4) is 0 Å². The molecule has 1 aromatic carbocycles. The Morgan fingerprint density at radius 2 is 2.25 bits per heavy atom. The second-order valence-corrected chi connectivity index (χ2v) is 5.00. The number of thioether (sulfide) groups is 1. The predicted octanol–water partition coefficient (Wildman–Crippen LogP) is 2.80. The molecule has 0 spiro atoms. The Morgan fingerprint density at radius 1 is 1.44 bits per heavy atom. The van der Waals surface area contributed by atoms with Gasteiger partial charge in [0, 0.05) is 6.04 Å². The van der Waals surface area contributed by atoms with E-state index in [1.807, 2.05) is 43.0 Å². The minimum Gasteiger partial charge on any atom is -0.440 e. The summed E-state index contributed by atoms with van der Waals surface area (Å²) in [6.45, 7) is 2.03. The first kappa shape index (κ1) is 11.5. The van der Waals surface area contributed by atoms with Crippen LogP contribution in [0.2, 0.25) is 0 Å². The highest BCUT2D eigenvalue weighted by Gasteiger charge is 2.04. The van der Waals surface area contributed by atoms with Crippen molar-refractivity contribution in [1.29, 1.82) is 0 Å². The highest BCUT2D eigenvalue weighted by molar-refractivity contribution is 7.98. The maximum atomic E-state index is 5.68. The SMILES string of the molecule is CC(N)CCSCc1nc2ccccc2o1. The van der Waals surface area contributed by atoms with Gasteiger partial charge in [0.15, 0.2) is 5.58 Å². The van der Waals surface area contributed by atoms with E-state index in [-0.39, 0.29) is 6.04 Å². The van der Waals surface area contributed by atoms with Gasteiger partial charge in [-0.3, -0.25) is 0 Å². The van der Waals surface area contributed by atoms with Gasteiger partial charge >= 0.3 is 0 Å². The molecule has 16 heavy (non-hydrogen) atoms. The zero-order valence-corrected chi connectivity index (χ0v) is 10.2. The van der Waals surface area contributed by atoms with Gasteiger partial charge in [-0.25, -0.2) is 4.98 Å². The Labute approximate surface area is 99.4 Å². The van der Waals surface area contributed by atoms with E-state index in [9.17, 15) is 0 Å². The van der Waals surface area contributed by atoms with Crippen LogP contribution in [-0.2, 0) is 5.75 Å². The van der Waals surface area contributed by atoms with Gasteiger partial charge in [-0.2, -0.15) is 11.8 Å². The fourth-order valence-electron chi connectivity index (χ4n) is 1.41. The van der Waals surface area contributed by atoms with Crippen molar-refractivity contribution in [2.24, 2.45) is 5.73 Å². The zero-order valence-electron chi connectivity index (χ0n) is 9.35. The van der Waals surface area contributed by atoms with Gasteiger partial charge < -0.3 is 10.2 Å². The number of fused-ring (bicyclic) bond motifs is 1. The smallest absolute Gasteiger partial charge is 0.205 e. The summed E-state index contributed by atoms with van der Waals surface area (Å²) in [5.41, 5.74) is 7.48. The number of rotatable bonds is 5. The van der Waals surface area contributed by atoms with E-state index in [4.69, 9.17) is 10.2 Å². The predicted molar refractivity (Wildman–Crippen MR) is 68.4 cm³/mol. The van der Waals surface area contributed by atoms with Crippen molar-refractivity contribution in [3.63, 3.8) is 0 Å². The lowest BCUT2D eigenvalue weighted by molar-refractivity contribution is 0.556. The molecule has 1 aromatic heterocycles. The summed E-state index contributed by atoms with van der Waals surface area (Å²) in [6.07, 6.45) is 1.03. The first-order valence-corrected chi connectivity index (χ1v) is 6.59. The normalized spacial score (nSPS) is 13.1. The van der Waals surface area contributed by atoms with E-state index in [0.717, 1.165) is 34.9 Å². The summed E-state index contributed by atoms with van der Waals surface area (Å²) in [5, 5.41) is 0. The molecule has 0 bridgehead atoms. The molecule has 2 rings (SSSR count). The number of para-hydroxylation sites is 2. The summed E-state index contributed by atoms with van der Waals surface area (Å²) >= 11 is 1.81. The number of hydrogen-bond donors (Lipinski definition) is 1. The molecule has 86 valence electrons. The molecule has 2 aromatic rings. The van der Waals surface area contributed by atoms with E-state index in [1.54, 1.807) is 0 Å². The lowest BCUT2D eigenvalue weighted by Crippen LogP contribution is -2.15. The molecule has 2 N–H and O–H groups in total. The van der Waals surface area contributed by atoms with E-state index in [1.165, 1.54) is 0 Å². The molecule has 3 nitrogen and oxygen atoms in total. The third-order valence-corrected chi connectivity index (χ3v) is 3.26. The van der Waals surface area contributed by atoms with Crippen LogP contribution in [0.1, 0.15) is 19.2 Å². The van der Waals surface area contributed by atoms with Crippen molar-refractivity contribution in [1.82, 2.24) is 4.98 Å². The Morgan fingerprint density at radius 3 is 3.00 bits per heavy atom. The van der Waals surface area contributed by atoms with Crippen LogP contribution in [0, 0.1) is 0 Å². The summed E-state index contributed by atoms with van der Waals surface area (Å²) in [6, 6.07) is 8.11. The molecule has 0 aliphatic carbocycles. The molecule has 1 heterocycles. The van der Waals surface area contributed by atoms with Crippen LogP contribution in [0.15, 0.2) is 28.7 Å². The third-order valence-electron chi connectivity index (χ3n) is 2.28. The van der Waals surface area contributed by atoms with Crippen LogP contribution < -0.4 is 5.73 Å². The van der Waals surface area contributed by atoms with Crippen molar-refractivity contribution in [2.75, 3.05) is 5.75 Å². The van der Waals surface area contributed by atoms with Gasteiger partial charge in [-0.1, -0.05) is 12.1 Å². The molecule has 0 saturated carbocycles. The monoisotopic (exact) mass is 236 g/mol. The van der Waals surface area contributed by atoms with Gasteiger partial charge in [0.05, 0.1) is 5.75 Å². The minimum atomic E-state index is 0.274. The van der Waals surface area contributed by atoms with E-state index in [2.05, 4.69) is 4.98 Å². The number of nitrogens with two attached hydrogens (primary N) is 1. The molecule has 0 fully saturated rings. The van der Waals surface area contributed by atoms with Crippen LogP contribution in [0.25, 0.3) is 11.1 Å². The average Bonchev–Trinajstić information content (AvgIpc) is 2.66. The fourth-order valence-corrected chi connectivity index (χ4v) is 2.39. The summed E-state index contributed by atoms with van der Waals surface area (Å²) in [7, 11) is 0. The van der Waals surface area contributed by atoms with Crippen LogP contribution in [0.4, 0.5) is 0 Å². The number of oxazole rings is 1. The van der Waals surface area contributed by atoms with Crippen molar-refractivity contribution >= 4 is 22.9 Å². The first-order valence-electron chi connectivity index (χ1n) is 5.43. The third kappa shape index (κ3) is 3.00. The molecule has 1 unspecified atom stereocenters. The Kier molecular flexibility index (Phi) is 3.85. The molecule has 0 amide bonds. The molecular formula is C12H16N2OS. The van der Waals surface area contributed by atoms with Gasteiger partial charge in [-0.15, -0.1) is 0 Å². The quantitative estimate of drug-likeness (QED) is 0.811. The minimum absolute atomic E-state index is 0.274. The molecular weight excluding hydrogens is 220 g/mol. The number of benzene rings is 1. The maximum absolute atomic E-state index is 5.68. The number of nitrogens with zero attached hydrogens (tertiary/aromatic N) is 1. The highest BCUT2D eigenvalue weighted by Crippen LogP contribution is 2.19. The van der Waals surface area contributed by atoms with E-state index in [0.29, 0.717) is 0 Å². The highest BCUT2D eigenvalue weighted by atomic mass is 32.2. The van der Waals surface area contributed by atoms with Crippen molar-refractivity contribution < 1.29 is 4.42 Å². The van der Waals surface area contributed by atoms with Gasteiger partial charge in [-0.05, 0) is 31.2 Å². The van der Waals surface area contributed by atoms with E-state index < -0.39 is 0 Å². The van der Waals surface area contributed by atoms with Crippen molar-refractivity contribution in [3.8, 4) is 0 Å². The van der Waals surface area contributed by atoms with E-state index >= 15 is 0 Å². The lowest BCUT2D eigenvalue weighted by Gasteiger charge is -2.02. The Hall–Kier alpha value is -1.00. The number of hydrogen-bond acceptors (Lipinski definition) is 4. The summed E-state index contributed by atoms with van der Waals surface area (Å²) in [5.74, 6) is 2.67. The average molecular weight is 236 g/mol. The second-order valence-electron chi connectivity index (χ2n) is 3.89. The van der Waals surface area contributed by atoms with Gasteiger partial charge in [0.1, 0.15) is 5.52 Å². The lowest BCUT2D eigenvalue weighted by atomic mass is 10.3. The van der Waals surface area contributed by atoms with Crippen molar-refractivity contribution in [3.05, 3.63) is 30.2 Å². The maximum Gasteiger partial charge on any atom is 0.205 e. The van der Waals surface area contributed by atoms with Crippen LogP contribution >= 0.6 is 11.8 Å². The largest absolute Gasteiger partial charge is 0.440 e. The summed E-state index contributed by atoms with van der Waals surface area (Å²) in [4.78, 5) is 4.41. The summed E-state index contributed by atoms with van der Waals surface area (Å²) < 4.78 is 5.61. The van der Waals surface area contributed by atoms with Gasteiger partial charge in [0.2, 0.25) is 5.89 Å². The Bertz CT molecular complexity index is 420.